The molecule has 0 aromatic carbocycles. The van der Waals surface area contributed by atoms with Crippen molar-refractivity contribution in [1.29, 1.82) is 0 Å². The van der Waals surface area contributed by atoms with Crippen LogP contribution >= 0.6 is 0 Å². The Kier molecular flexibility index (Phi) is 7.14. The van der Waals surface area contributed by atoms with E-state index in [1.54, 1.807) is 7.11 Å². The highest BCUT2D eigenvalue weighted by molar-refractivity contribution is 5.77. The van der Waals surface area contributed by atoms with Crippen LogP contribution in [0.1, 0.15) is 40.5 Å². The summed E-state index contributed by atoms with van der Waals surface area (Å²) in [5, 5.41) is 0. The summed E-state index contributed by atoms with van der Waals surface area (Å²) in [7, 11) is 2.93. The lowest BCUT2D eigenvalue weighted by Gasteiger charge is -2.35. The fraction of sp³-hybridized carbons (Fsp3) is 0.857. The number of rotatable bonds is 7. The number of aldehydes is 1. The van der Waals surface area contributed by atoms with Gasteiger partial charge in [-0.2, -0.15) is 0 Å². The summed E-state index contributed by atoms with van der Waals surface area (Å²) in [6, 6.07) is 0. The molecule has 0 bridgehead atoms. The molecule has 3 unspecified atom stereocenters. The number of ether oxygens (including phenoxy) is 2. The number of hydrogen-bond acceptors (Lipinski definition) is 4. The standard InChI is InChI=1S/C14H26O4/c1-7-8-11(17-5)10(9-15)12(13(16)18-6)14(2,3)4/h9-12H,7-8H2,1-6H3. The molecule has 0 spiro atoms. The molecule has 0 aliphatic carbocycles. The van der Waals surface area contributed by atoms with Crippen LogP contribution in [0.4, 0.5) is 0 Å². The second-order valence-corrected chi connectivity index (χ2v) is 5.64. The fourth-order valence-corrected chi connectivity index (χ4v) is 2.35. The predicted octanol–water partition coefficient (Wildman–Crippen LogP) is 2.45. The van der Waals surface area contributed by atoms with E-state index in [1.165, 1.54) is 7.11 Å². The summed E-state index contributed by atoms with van der Waals surface area (Å²) in [6.07, 6.45) is 2.25. The normalized spacial score (nSPS) is 16.8. The first-order valence-electron chi connectivity index (χ1n) is 6.39. The van der Waals surface area contributed by atoms with Crippen LogP contribution < -0.4 is 0 Å². The summed E-state index contributed by atoms with van der Waals surface area (Å²) in [6.45, 7) is 7.83. The zero-order chi connectivity index (χ0) is 14.3. The van der Waals surface area contributed by atoms with E-state index in [0.29, 0.717) is 0 Å². The van der Waals surface area contributed by atoms with Gasteiger partial charge < -0.3 is 14.3 Å². The van der Waals surface area contributed by atoms with Crippen LogP contribution in [0.2, 0.25) is 0 Å². The van der Waals surface area contributed by atoms with E-state index in [0.717, 1.165) is 19.1 Å². The zero-order valence-corrected chi connectivity index (χ0v) is 12.4. The van der Waals surface area contributed by atoms with Gasteiger partial charge in [-0.1, -0.05) is 34.1 Å². The van der Waals surface area contributed by atoms with Gasteiger partial charge in [0.05, 0.1) is 25.0 Å². The summed E-state index contributed by atoms with van der Waals surface area (Å²) in [5.41, 5.74) is -0.344. The first kappa shape index (κ1) is 17.1. The molecule has 3 atom stereocenters. The highest BCUT2D eigenvalue weighted by Crippen LogP contribution is 2.35. The van der Waals surface area contributed by atoms with Crippen LogP contribution in [-0.2, 0) is 19.1 Å². The van der Waals surface area contributed by atoms with Gasteiger partial charge in [0.2, 0.25) is 0 Å². The van der Waals surface area contributed by atoms with Crippen molar-refractivity contribution in [2.45, 2.75) is 46.6 Å². The van der Waals surface area contributed by atoms with Gasteiger partial charge in [0.15, 0.2) is 0 Å². The molecular weight excluding hydrogens is 232 g/mol. The van der Waals surface area contributed by atoms with E-state index in [2.05, 4.69) is 0 Å². The average Bonchev–Trinajstić information content (AvgIpc) is 2.30. The Bertz CT molecular complexity index is 267. The minimum absolute atomic E-state index is 0.240. The summed E-state index contributed by atoms with van der Waals surface area (Å²) in [5.74, 6) is -1.31. The van der Waals surface area contributed by atoms with Gasteiger partial charge in [-0.05, 0) is 11.8 Å². The third-order valence-corrected chi connectivity index (χ3v) is 3.24. The summed E-state index contributed by atoms with van der Waals surface area (Å²) >= 11 is 0. The molecule has 4 nitrogen and oxygen atoms in total. The molecule has 0 radical (unpaired) electrons. The van der Waals surface area contributed by atoms with Crippen LogP contribution in [0.15, 0.2) is 0 Å². The van der Waals surface area contributed by atoms with Crippen LogP contribution in [0.25, 0.3) is 0 Å². The fourth-order valence-electron chi connectivity index (χ4n) is 2.35. The smallest absolute Gasteiger partial charge is 0.310 e. The maximum atomic E-state index is 11.9. The molecule has 0 aliphatic heterocycles. The molecule has 106 valence electrons. The summed E-state index contributed by atoms with van der Waals surface area (Å²) in [4.78, 5) is 23.3. The van der Waals surface area contributed by atoms with Gasteiger partial charge in [0.25, 0.3) is 0 Å². The molecule has 0 amide bonds. The van der Waals surface area contributed by atoms with Gasteiger partial charge >= 0.3 is 5.97 Å². The average molecular weight is 258 g/mol. The van der Waals surface area contributed by atoms with E-state index in [-0.39, 0.29) is 17.5 Å². The second-order valence-electron chi connectivity index (χ2n) is 5.64. The third kappa shape index (κ3) is 4.41. The lowest BCUT2D eigenvalue weighted by Crippen LogP contribution is -2.42. The van der Waals surface area contributed by atoms with Gasteiger partial charge in [-0.3, -0.25) is 4.79 Å². The highest BCUT2D eigenvalue weighted by atomic mass is 16.5. The molecule has 0 saturated carbocycles. The molecule has 0 heterocycles. The monoisotopic (exact) mass is 258 g/mol. The van der Waals surface area contributed by atoms with E-state index in [1.807, 2.05) is 27.7 Å². The maximum absolute atomic E-state index is 11.9. The molecule has 0 aromatic rings. The number of methoxy groups -OCH3 is 2. The van der Waals surface area contributed by atoms with Crippen molar-refractivity contribution in [3.05, 3.63) is 0 Å². The van der Waals surface area contributed by atoms with Crippen LogP contribution in [0.3, 0.4) is 0 Å². The van der Waals surface area contributed by atoms with E-state index in [9.17, 15) is 9.59 Å². The van der Waals surface area contributed by atoms with Crippen LogP contribution in [-0.4, -0.2) is 32.6 Å². The Balaban J connectivity index is 5.26. The number of carbonyl (C=O) groups excluding carboxylic acids is 2. The molecule has 0 aliphatic rings. The van der Waals surface area contributed by atoms with Crippen molar-refractivity contribution in [3.8, 4) is 0 Å². The molecular formula is C14H26O4. The van der Waals surface area contributed by atoms with Gasteiger partial charge in [-0.25, -0.2) is 0 Å². The third-order valence-electron chi connectivity index (χ3n) is 3.24. The molecule has 0 rings (SSSR count). The van der Waals surface area contributed by atoms with Gasteiger partial charge in [0, 0.05) is 7.11 Å². The number of esters is 1. The van der Waals surface area contributed by atoms with Crippen molar-refractivity contribution in [1.82, 2.24) is 0 Å². The lowest BCUT2D eigenvalue weighted by molar-refractivity contribution is -0.157. The van der Waals surface area contributed by atoms with Crippen LogP contribution in [0.5, 0.6) is 0 Å². The molecule has 0 fully saturated rings. The Labute approximate surface area is 110 Å². The van der Waals surface area contributed by atoms with Crippen LogP contribution in [0, 0.1) is 17.3 Å². The quantitative estimate of drug-likeness (QED) is 0.520. The predicted molar refractivity (Wildman–Crippen MR) is 70.2 cm³/mol. The van der Waals surface area contributed by atoms with Crippen molar-refractivity contribution in [2.24, 2.45) is 17.3 Å². The SMILES string of the molecule is CCCC(OC)C(C=O)C(C(=O)OC)C(C)(C)C. The first-order valence-corrected chi connectivity index (χ1v) is 6.39. The first-order chi connectivity index (χ1) is 8.33. The topological polar surface area (TPSA) is 52.6 Å². The highest BCUT2D eigenvalue weighted by Gasteiger charge is 2.42. The molecule has 0 N–H and O–H groups in total. The second kappa shape index (κ2) is 7.52. The summed E-state index contributed by atoms with van der Waals surface area (Å²) < 4.78 is 10.2. The van der Waals surface area contributed by atoms with E-state index < -0.39 is 11.8 Å². The van der Waals surface area contributed by atoms with Crippen molar-refractivity contribution >= 4 is 12.3 Å². The molecule has 18 heavy (non-hydrogen) atoms. The Morgan fingerprint density at radius 1 is 1.28 bits per heavy atom. The molecule has 4 heteroatoms. The van der Waals surface area contributed by atoms with E-state index >= 15 is 0 Å². The minimum Gasteiger partial charge on any atom is -0.469 e. The van der Waals surface area contributed by atoms with E-state index in [4.69, 9.17) is 9.47 Å². The van der Waals surface area contributed by atoms with Gasteiger partial charge in [-0.15, -0.1) is 0 Å². The Morgan fingerprint density at radius 2 is 1.83 bits per heavy atom. The Hall–Kier alpha value is -0.900. The maximum Gasteiger partial charge on any atom is 0.310 e. The minimum atomic E-state index is -0.489. The van der Waals surface area contributed by atoms with Crippen molar-refractivity contribution in [3.63, 3.8) is 0 Å². The Morgan fingerprint density at radius 3 is 2.11 bits per heavy atom. The largest absolute Gasteiger partial charge is 0.469 e. The molecule has 0 saturated heterocycles. The van der Waals surface area contributed by atoms with Crippen molar-refractivity contribution in [2.75, 3.05) is 14.2 Å². The number of carbonyl (C=O) groups is 2. The number of hydrogen-bond donors (Lipinski definition) is 0. The van der Waals surface area contributed by atoms with Crippen molar-refractivity contribution < 1.29 is 19.1 Å². The lowest BCUT2D eigenvalue weighted by atomic mass is 9.71. The van der Waals surface area contributed by atoms with Gasteiger partial charge in [0.1, 0.15) is 6.29 Å². The molecule has 0 aromatic heterocycles. The zero-order valence-electron chi connectivity index (χ0n) is 12.4.